The van der Waals surface area contributed by atoms with E-state index in [0.717, 1.165) is 19.1 Å². The molecule has 1 N–H and O–H groups in total. The Morgan fingerprint density at radius 1 is 1.10 bits per heavy atom. The van der Waals surface area contributed by atoms with Gasteiger partial charge in [0, 0.05) is 12.6 Å². The molecule has 3 heteroatoms. The number of ether oxygens (including phenoxy) is 2. The summed E-state index contributed by atoms with van der Waals surface area (Å²) < 4.78 is 11.5. The minimum atomic E-state index is -0.396. The third-order valence-corrected chi connectivity index (χ3v) is 4.90. The molecule has 0 amide bonds. The molecule has 0 spiro atoms. The van der Waals surface area contributed by atoms with Crippen LogP contribution in [-0.2, 0) is 9.47 Å². The molecule has 3 nitrogen and oxygen atoms in total. The smallest absolute Gasteiger partial charge is 0.163 e. The van der Waals surface area contributed by atoms with E-state index < -0.39 is 5.79 Å². The van der Waals surface area contributed by atoms with Crippen LogP contribution in [0.4, 0.5) is 0 Å². The van der Waals surface area contributed by atoms with Crippen LogP contribution in [0.5, 0.6) is 0 Å². The quantitative estimate of drug-likeness (QED) is 0.801. The van der Waals surface area contributed by atoms with E-state index in [9.17, 15) is 0 Å². The van der Waals surface area contributed by atoms with Crippen molar-refractivity contribution >= 4 is 0 Å². The zero-order chi connectivity index (χ0) is 14.8. The summed E-state index contributed by atoms with van der Waals surface area (Å²) >= 11 is 0. The molecule has 1 heterocycles. The number of hydrogen-bond acceptors (Lipinski definition) is 3. The van der Waals surface area contributed by atoms with Gasteiger partial charge in [-0.2, -0.15) is 0 Å². The minimum absolute atomic E-state index is 0.215. The summed E-state index contributed by atoms with van der Waals surface area (Å²) in [5.41, 5.74) is 0.460. The number of hydrogen-bond donors (Lipinski definition) is 1. The van der Waals surface area contributed by atoms with E-state index >= 15 is 0 Å². The first-order valence-electron chi connectivity index (χ1n) is 8.31. The van der Waals surface area contributed by atoms with Crippen LogP contribution < -0.4 is 5.32 Å². The van der Waals surface area contributed by atoms with Crippen LogP contribution in [0, 0.1) is 11.3 Å². The molecule has 2 aliphatic rings. The molecule has 0 aromatic rings. The lowest BCUT2D eigenvalue weighted by Crippen LogP contribution is -2.37. The first kappa shape index (κ1) is 16.3. The Morgan fingerprint density at radius 2 is 1.85 bits per heavy atom. The first-order valence-corrected chi connectivity index (χ1v) is 8.31. The predicted molar refractivity (Wildman–Crippen MR) is 82.7 cm³/mol. The molecule has 118 valence electrons. The topological polar surface area (TPSA) is 30.5 Å². The maximum absolute atomic E-state index is 5.86. The molecule has 1 aliphatic heterocycles. The molecule has 2 rings (SSSR count). The lowest BCUT2D eigenvalue weighted by atomic mass is 9.76. The summed E-state index contributed by atoms with van der Waals surface area (Å²) in [6.45, 7) is 12.8. The summed E-state index contributed by atoms with van der Waals surface area (Å²) in [7, 11) is 0. The normalized spacial score (nSPS) is 35.0. The van der Waals surface area contributed by atoms with Crippen LogP contribution in [0.3, 0.4) is 0 Å². The molecular formula is C17H33NO2. The van der Waals surface area contributed by atoms with Gasteiger partial charge in [-0.3, -0.25) is 0 Å². The second-order valence-electron chi connectivity index (χ2n) is 8.13. The molecule has 0 radical (unpaired) electrons. The second-order valence-corrected chi connectivity index (χ2v) is 8.13. The predicted octanol–water partition coefficient (Wildman–Crippen LogP) is 3.72. The van der Waals surface area contributed by atoms with Gasteiger partial charge in [0.15, 0.2) is 5.79 Å². The van der Waals surface area contributed by atoms with E-state index in [2.05, 4.69) is 26.1 Å². The lowest BCUT2D eigenvalue weighted by molar-refractivity contribution is -0.137. The van der Waals surface area contributed by atoms with Crippen LogP contribution in [0.25, 0.3) is 0 Å². The summed E-state index contributed by atoms with van der Waals surface area (Å²) in [5.74, 6) is 0.479. The molecule has 0 aromatic carbocycles. The zero-order valence-corrected chi connectivity index (χ0v) is 14.0. The molecule has 1 saturated carbocycles. The highest BCUT2D eigenvalue weighted by Gasteiger charge is 2.33. The fourth-order valence-electron chi connectivity index (χ4n) is 3.53. The van der Waals surface area contributed by atoms with Gasteiger partial charge in [-0.25, -0.2) is 0 Å². The first-order chi connectivity index (χ1) is 9.26. The molecule has 1 saturated heterocycles. The van der Waals surface area contributed by atoms with Crippen molar-refractivity contribution in [2.75, 3.05) is 13.2 Å². The molecule has 3 unspecified atom stereocenters. The molecule has 2 fully saturated rings. The van der Waals surface area contributed by atoms with E-state index in [4.69, 9.17) is 9.47 Å². The average molecular weight is 283 g/mol. The average Bonchev–Trinajstić information content (AvgIpc) is 2.55. The maximum atomic E-state index is 5.86. The number of nitrogens with one attached hydrogen (secondary N) is 1. The second kappa shape index (κ2) is 6.33. The van der Waals surface area contributed by atoms with Crippen molar-refractivity contribution in [2.45, 2.75) is 84.7 Å². The monoisotopic (exact) mass is 283 g/mol. The van der Waals surface area contributed by atoms with Crippen molar-refractivity contribution in [3.8, 4) is 0 Å². The Balaban J connectivity index is 1.72. The van der Waals surface area contributed by atoms with Crippen molar-refractivity contribution in [2.24, 2.45) is 11.3 Å². The highest BCUT2D eigenvalue weighted by atomic mass is 16.7. The lowest BCUT2D eigenvalue weighted by Gasteiger charge is -2.29. The van der Waals surface area contributed by atoms with Crippen LogP contribution in [0.1, 0.15) is 66.7 Å². The highest BCUT2D eigenvalue weighted by molar-refractivity contribution is 4.82. The standard InChI is InChI=1S/C17H33NO2/c1-16(2,3)13-7-6-8-14(10-9-13)18-11-15-12-19-17(4,5)20-15/h13-15,18H,6-12H2,1-5H3. The highest BCUT2D eigenvalue weighted by Crippen LogP contribution is 2.36. The van der Waals surface area contributed by atoms with Crippen molar-refractivity contribution in [3.63, 3.8) is 0 Å². The van der Waals surface area contributed by atoms with Crippen LogP contribution in [-0.4, -0.2) is 31.1 Å². The number of rotatable bonds is 3. The molecule has 0 bridgehead atoms. The summed E-state index contributed by atoms with van der Waals surface area (Å²) in [6, 6.07) is 0.662. The molecule has 20 heavy (non-hydrogen) atoms. The summed E-state index contributed by atoms with van der Waals surface area (Å²) in [4.78, 5) is 0. The zero-order valence-electron chi connectivity index (χ0n) is 14.0. The molecular weight excluding hydrogens is 250 g/mol. The molecule has 3 atom stereocenters. The van der Waals surface area contributed by atoms with Crippen molar-refractivity contribution in [1.29, 1.82) is 0 Å². The van der Waals surface area contributed by atoms with Gasteiger partial charge in [-0.1, -0.05) is 27.2 Å². The Bertz CT molecular complexity index is 309. The third-order valence-electron chi connectivity index (χ3n) is 4.90. The van der Waals surface area contributed by atoms with E-state index in [1.54, 1.807) is 0 Å². The van der Waals surface area contributed by atoms with Gasteiger partial charge in [-0.05, 0) is 50.9 Å². The van der Waals surface area contributed by atoms with Gasteiger partial charge < -0.3 is 14.8 Å². The van der Waals surface area contributed by atoms with Gasteiger partial charge in [0.25, 0.3) is 0 Å². The SMILES string of the molecule is CC1(C)OCC(CNC2CCCC(C(C)(C)C)CC2)O1. The van der Waals surface area contributed by atoms with E-state index in [0.29, 0.717) is 11.5 Å². The van der Waals surface area contributed by atoms with Crippen LogP contribution in [0.15, 0.2) is 0 Å². The molecule has 0 aromatic heterocycles. The summed E-state index contributed by atoms with van der Waals surface area (Å²) in [6.07, 6.45) is 6.92. The van der Waals surface area contributed by atoms with Gasteiger partial charge in [0.2, 0.25) is 0 Å². The van der Waals surface area contributed by atoms with Crippen molar-refractivity contribution < 1.29 is 9.47 Å². The van der Waals surface area contributed by atoms with Crippen molar-refractivity contribution in [3.05, 3.63) is 0 Å². The van der Waals surface area contributed by atoms with E-state index in [1.165, 1.54) is 32.1 Å². The Morgan fingerprint density at radius 3 is 2.45 bits per heavy atom. The summed E-state index contributed by atoms with van der Waals surface area (Å²) in [5, 5.41) is 3.71. The Kier molecular flexibility index (Phi) is 5.14. The fraction of sp³-hybridized carbons (Fsp3) is 1.00. The maximum Gasteiger partial charge on any atom is 0.163 e. The van der Waals surface area contributed by atoms with Gasteiger partial charge in [-0.15, -0.1) is 0 Å². The van der Waals surface area contributed by atoms with Crippen LogP contribution in [0.2, 0.25) is 0 Å². The largest absolute Gasteiger partial charge is 0.348 e. The van der Waals surface area contributed by atoms with Gasteiger partial charge >= 0.3 is 0 Å². The van der Waals surface area contributed by atoms with Crippen LogP contribution >= 0.6 is 0 Å². The van der Waals surface area contributed by atoms with Gasteiger partial charge in [0.1, 0.15) is 0 Å². The Hall–Kier alpha value is -0.120. The van der Waals surface area contributed by atoms with Crippen molar-refractivity contribution in [1.82, 2.24) is 5.32 Å². The third kappa shape index (κ3) is 4.71. The molecule has 1 aliphatic carbocycles. The minimum Gasteiger partial charge on any atom is -0.348 e. The fourth-order valence-corrected chi connectivity index (χ4v) is 3.53. The Labute approximate surface area is 124 Å². The van der Waals surface area contributed by atoms with Gasteiger partial charge in [0.05, 0.1) is 12.7 Å². The van der Waals surface area contributed by atoms with E-state index in [-0.39, 0.29) is 6.10 Å². The van der Waals surface area contributed by atoms with E-state index in [1.807, 2.05) is 13.8 Å².